The zero-order valence-corrected chi connectivity index (χ0v) is 16.0. The summed E-state index contributed by atoms with van der Waals surface area (Å²) >= 11 is 0. The second-order valence-electron chi connectivity index (χ2n) is 6.67. The van der Waals surface area contributed by atoms with Crippen molar-refractivity contribution >= 4 is 17.4 Å². The lowest BCUT2D eigenvalue weighted by atomic mass is 10.1. The normalized spacial score (nSPS) is 11.6. The lowest BCUT2D eigenvalue weighted by Crippen LogP contribution is -2.32. The van der Waals surface area contributed by atoms with E-state index in [0.717, 1.165) is 22.5 Å². The van der Waals surface area contributed by atoms with E-state index in [1.54, 1.807) is 18.7 Å². The van der Waals surface area contributed by atoms with Crippen LogP contribution in [0, 0.1) is 0 Å². The molecule has 0 saturated carbocycles. The number of amides is 1. The molecule has 2 N–H and O–H groups in total. The quantitative estimate of drug-likeness (QED) is 0.518. The molecule has 6 heteroatoms. The molecule has 0 radical (unpaired) electrons. The Labute approximate surface area is 169 Å². The summed E-state index contributed by atoms with van der Waals surface area (Å²) in [6.07, 6.45) is 7.13. The van der Waals surface area contributed by atoms with Crippen LogP contribution in [0.15, 0.2) is 91.6 Å². The SMILES string of the molecule is C[C@H](Nc1ccc(-n2ccnc2)cc1)C(=O)Nc1ccc(-c2ccccc2)cn1. The molecule has 4 rings (SSSR count). The van der Waals surface area contributed by atoms with Crippen LogP contribution in [-0.2, 0) is 4.79 Å². The molecule has 6 nitrogen and oxygen atoms in total. The summed E-state index contributed by atoms with van der Waals surface area (Å²) in [4.78, 5) is 20.9. The maximum absolute atomic E-state index is 12.5. The lowest BCUT2D eigenvalue weighted by molar-refractivity contribution is -0.116. The summed E-state index contributed by atoms with van der Waals surface area (Å²) in [5.74, 6) is 0.377. The fraction of sp³-hybridized carbons (Fsp3) is 0.0870. The second kappa shape index (κ2) is 8.39. The van der Waals surface area contributed by atoms with Crippen molar-refractivity contribution in [3.8, 4) is 16.8 Å². The van der Waals surface area contributed by atoms with E-state index < -0.39 is 6.04 Å². The van der Waals surface area contributed by atoms with Crippen LogP contribution in [0.3, 0.4) is 0 Å². The number of imidazole rings is 1. The minimum absolute atomic E-state index is 0.149. The summed E-state index contributed by atoms with van der Waals surface area (Å²) in [5.41, 5.74) is 3.97. The van der Waals surface area contributed by atoms with Crippen LogP contribution < -0.4 is 10.6 Å². The monoisotopic (exact) mass is 383 g/mol. The number of carbonyl (C=O) groups excluding carboxylic acids is 1. The van der Waals surface area contributed by atoms with E-state index in [1.807, 2.05) is 84.4 Å². The summed E-state index contributed by atoms with van der Waals surface area (Å²) < 4.78 is 1.92. The van der Waals surface area contributed by atoms with Crippen LogP contribution in [-0.4, -0.2) is 26.5 Å². The van der Waals surface area contributed by atoms with E-state index >= 15 is 0 Å². The molecular formula is C23H21N5O. The molecule has 0 fully saturated rings. The number of nitrogens with zero attached hydrogens (tertiary/aromatic N) is 3. The van der Waals surface area contributed by atoms with E-state index in [-0.39, 0.29) is 5.91 Å². The molecular weight excluding hydrogens is 362 g/mol. The molecule has 4 aromatic rings. The molecule has 144 valence electrons. The van der Waals surface area contributed by atoms with E-state index in [1.165, 1.54) is 0 Å². The van der Waals surface area contributed by atoms with E-state index in [4.69, 9.17) is 0 Å². The Bertz CT molecular complexity index is 1060. The van der Waals surface area contributed by atoms with Crippen molar-refractivity contribution in [3.63, 3.8) is 0 Å². The maximum Gasteiger partial charge on any atom is 0.247 e. The molecule has 0 bridgehead atoms. The fourth-order valence-electron chi connectivity index (χ4n) is 2.96. The minimum atomic E-state index is -0.412. The number of rotatable bonds is 6. The third-order valence-corrected chi connectivity index (χ3v) is 4.57. The predicted molar refractivity (Wildman–Crippen MR) is 115 cm³/mol. The second-order valence-corrected chi connectivity index (χ2v) is 6.67. The van der Waals surface area contributed by atoms with Gasteiger partial charge in [0.15, 0.2) is 0 Å². The van der Waals surface area contributed by atoms with Crippen LogP contribution in [0.25, 0.3) is 16.8 Å². The highest BCUT2D eigenvalue weighted by molar-refractivity contribution is 5.95. The third kappa shape index (κ3) is 4.50. The van der Waals surface area contributed by atoms with Crippen LogP contribution in [0.2, 0.25) is 0 Å². The fourth-order valence-corrected chi connectivity index (χ4v) is 2.96. The number of hydrogen-bond donors (Lipinski definition) is 2. The summed E-state index contributed by atoms with van der Waals surface area (Å²) in [6.45, 7) is 1.82. The van der Waals surface area contributed by atoms with Crippen molar-refractivity contribution in [3.05, 3.63) is 91.6 Å². The van der Waals surface area contributed by atoms with Gasteiger partial charge in [0.1, 0.15) is 11.9 Å². The molecule has 0 unspecified atom stereocenters. The van der Waals surface area contributed by atoms with Gasteiger partial charge >= 0.3 is 0 Å². The summed E-state index contributed by atoms with van der Waals surface area (Å²) in [5, 5.41) is 6.06. The van der Waals surface area contributed by atoms with Gasteiger partial charge in [-0.1, -0.05) is 30.3 Å². The molecule has 0 saturated heterocycles. The van der Waals surface area contributed by atoms with Crippen LogP contribution >= 0.6 is 0 Å². The third-order valence-electron chi connectivity index (χ3n) is 4.57. The smallest absolute Gasteiger partial charge is 0.247 e. The molecule has 0 aliphatic carbocycles. The highest BCUT2D eigenvalue weighted by atomic mass is 16.2. The molecule has 2 heterocycles. The lowest BCUT2D eigenvalue weighted by Gasteiger charge is -2.15. The minimum Gasteiger partial charge on any atom is -0.374 e. The van der Waals surface area contributed by atoms with Gasteiger partial charge in [0, 0.05) is 35.5 Å². The average molecular weight is 383 g/mol. The van der Waals surface area contributed by atoms with Crippen LogP contribution in [0.5, 0.6) is 0 Å². The molecule has 29 heavy (non-hydrogen) atoms. The molecule has 0 aliphatic rings. The van der Waals surface area contributed by atoms with Gasteiger partial charge in [-0.05, 0) is 48.9 Å². The number of hydrogen-bond acceptors (Lipinski definition) is 4. The van der Waals surface area contributed by atoms with Crippen molar-refractivity contribution in [1.29, 1.82) is 0 Å². The topological polar surface area (TPSA) is 71.8 Å². The first-order valence-electron chi connectivity index (χ1n) is 9.36. The first kappa shape index (κ1) is 18.4. The molecule has 1 atom stereocenters. The van der Waals surface area contributed by atoms with E-state index in [0.29, 0.717) is 5.82 Å². The molecule has 2 aromatic heterocycles. The number of anilines is 2. The van der Waals surface area contributed by atoms with Crippen molar-refractivity contribution in [2.75, 3.05) is 10.6 Å². The van der Waals surface area contributed by atoms with Gasteiger partial charge in [-0.3, -0.25) is 4.79 Å². The zero-order chi connectivity index (χ0) is 20.1. The van der Waals surface area contributed by atoms with Crippen LogP contribution in [0.1, 0.15) is 6.92 Å². The maximum atomic E-state index is 12.5. The standard InChI is InChI=1S/C23H21N5O/c1-17(26-20-8-10-21(11-9-20)28-14-13-24-16-28)23(29)27-22-12-7-19(15-25-22)18-5-3-2-4-6-18/h2-17,26H,1H3,(H,25,27,29)/t17-/m0/s1. The average Bonchev–Trinajstić information content (AvgIpc) is 3.30. The molecule has 0 spiro atoms. The Kier molecular flexibility index (Phi) is 5.33. The first-order valence-corrected chi connectivity index (χ1v) is 9.36. The van der Waals surface area contributed by atoms with E-state index in [9.17, 15) is 4.79 Å². The Hall–Kier alpha value is -3.93. The summed E-state index contributed by atoms with van der Waals surface area (Å²) in [6, 6.07) is 21.2. The van der Waals surface area contributed by atoms with Gasteiger partial charge in [0.25, 0.3) is 0 Å². The highest BCUT2D eigenvalue weighted by Crippen LogP contribution is 2.19. The Morgan fingerprint density at radius 3 is 2.41 bits per heavy atom. The number of aromatic nitrogens is 3. The Balaban J connectivity index is 1.36. The van der Waals surface area contributed by atoms with Gasteiger partial charge < -0.3 is 15.2 Å². The zero-order valence-electron chi connectivity index (χ0n) is 16.0. The van der Waals surface area contributed by atoms with Gasteiger partial charge in [-0.15, -0.1) is 0 Å². The number of nitrogens with one attached hydrogen (secondary N) is 2. The van der Waals surface area contributed by atoms with Gasteiger partial charge in [-0.2, -0.15) is 0 Å². The number of carbonyl (C=O) groups is 1. The van der Waals surface area contributed by atoms with Crippen molar-refractivity contribution < 1.29 is 4.79 Å². The van der Waals surface area contributed by atoms with Gasteiger partial charge in [0.2, 0.25) is 5.91 Å². The number of pyridine rings is 1. The van der Waals surface area contributed by atoms with Crippen molar-refractivity contribution in [2.24, 2.45) is 0 Å². The Morgan fingerprint density at radius 1 is 0.966 bits per heavy atom. The predicted octanol–water partition coefficient (Wildman–Crippen LogP) is 4.37. The molecule has 0 aliphatic heterocycles. The Morgan fingerprint density at radius 2 is 1.76 bits per heavy atom. The van der Waals surface area contributed by atoms with Crippen molar-refractivity contribution in [1.82, 2.24) is 14.5 Å². The molecule has 2 aromatic carbocycles. The number of benzene rings is 2. The van der Waals surface area contributed by atoms with Gasteiger partial charge in [-0.25, -0.2) is 9.97 Å². The van der Waals surface area contributed by atoms with Gasteiger partial charge in [0.05, 0.1) is 6.33 Å². The van der Waals surface area contributed by atoms with E-state index in [2.05, 4.69) is 20.6 Å². The highest BCUT2D eigenvalue weighted by Gasteiger charge is 2.13. The summed E-state index contributed by atoms with van der Waals surface area (Å²) in [7, 11) is 0. The molecule has 1 amide bonds. The van der Waals surface area contributed by atoms with Crippen LogP contribution in [0.4, 0.5) is 11.5 Å². The van der Waals surface area contributed by atoms with Crippen molar-refractivity contribution in [2.45, 2.75) is 13.0 Å². The largest absolute Gasteiger partial charge is 0.374 e. The first-order chi connectivity index (χ1) is 14.2.